The van der Waals surface area contributed by atoms with Gasteiger partial charge in [-0.15, -0.1) is 0 Å². The van der Waals surface area contributed by atoms with Crippen molar-refractivity contribution in [2.45, 2.75) is 26.9 Å². The van der Waals surface area contributed by atoms with Crippen molar-refractivity contribution in [1.82, 2.24) is 10.3 Å². The number of ether oxygens (including phenoxy) is 2. The number of carbonyl (C=O) groups is 4. The summed E-state index contributed by atoms with van der Waals surface area (Å²) in [6.45, 7) is 7.98. The molecule has 2 fully saturated rings. The number of rotatable bonds is 7. The van der Waals surface area contributed by atoms with E-state index in [1.807, 2.05) is 18.2 Å². The third-order valence-electron chi connectivity index (χ3n) is 6.84. The van der Waals surface area contributed by atoms with E-state index >= 15 is 0 Å². The Bertz CT molecular complexity index is 1830. The first-order chi connectivity index (χ1) is 23.2. The van der Waals surface area contributed by atoms with Crippen LogP contribution in [0.4, 0.5) is 30.2 Å². The zero-order chi connectivity index (χ0) is 35.9. The summed E-state index contributed by atoms with van der Waals surface area (Å²) in [5.41, 5.74) is 3.59. The Kier molecular flexibility index (Phi) is 12.2. The minimum atomic E-state index is -5.08. The average molecular weight is 722 g/mol. The maximum atomic E-state index is 12.9. The third kappa shape index (κ3) is 9.70. The lowest BCUT2D eigenvalue weighted by Gasteiger charge is -2.31. The summed E-state index contributed by atoms with van der Waals surface area (Å²) in [5.74, 6) is -3.80. The first-order valence-electron chi connectivity index (χ1n) is 14.8. The van der Waals surface area contributed by atoms with Crippen LogP contribution in [-0.4, -0.2) is 78.1 Å². The van der Waals surface area contributed by atoms with E-state index in [0.29, 0.717) is 58.3 Å². The van der Waals surface area contributed by atoms with Crippen LogP contribution in [0.3, 0.4) is 0 Å². The van der Waals surface area contributed by atoms with Gasteiger partial charge < -0.3 is 30.1 Å². The summed E-state index contributed by atoms with van der Waals surface area (Å²) in [7, 11) is 0. The Morgan fingerprint density at radius 1 is 1.20 bits per heavy atom. The van der Waals surface area contributed by atoms with Crippen LogP contribution >= 0.6 is 23.4 Å². The number of hydrogen-bond acceptors (Lipinski definition) is 10. The summed E-state index contributed by atoms with van der Waals surface area (Å²) >= 11 is 7.54. The normalized spacial score (nSPS) is 16.4. The van der Waals surface area contributed by atoms with Gasteiger partial charge in [-0.05, 0) is 60.7 Å². The smallest absolute Gasteiger partial charge is 0.475 e. The van der Waals surface area contributed by atoms with Crippen molar-refractivity contribution in [2.24, 2.45) is 10.9 Å². The molecule has 2 saturated heterocycles. The number of amides is 2. The quantitative estimate of drug-likeness (QED) is 0.195. The summed E-state index contributed by atoms with van der Waals surface area (Å²) in [4.78, 5) is 58.3. The molecule has 2 amide bonds. The highest BCUT2D eigenvalue weighted by Crippen LogP contribution is 2.35. The number of esters is 1. The zero-order valence-electron chi connectivity index (χ0n) is 26.4. The highest BCUT2D eigenvalue weighted by Gasteiger charge is 2.38. The Morgan fingerprint density at radius 2 is 1.90 bits per heavy atom. The number of aromatic nitrogens is 1. The van der Waals surface area contributed by atoms with Crippen LogP contribution in [0.5, 0.6) is 0 Å². The van der Waals surface area contributed by atoms with Gasteiger partial charge in [0.2, 0.25) is 5.91 Å². The van der Waals surface area contributed by atoms with Gasteiger partial charge in [-0.3, -0.25) is 14.6 Å². The largest absolute Gasteiger partial charge is 0.490 e. The molecule has 0 aliphatic carbocycles. The second kappa shape index (κ2) is 16.2. The molecule has 5 rings (SSSR count). The Balaban J connectivity index is 0.000000698. The fraction of sp³-hybridized carbons (Fsp3) is 0.312. The summed E-state index contributed by atoms with van der Waals surface area (Å²) in [6, 6.07) is 10.7. The van der Waals surface area contributed by atoms with Crippen molar-refractivity contribution in [3.8, 4) is 0 Å². The van der Waals surface area contributed by atoms with Crippen LogP contribution < -0.4 is 15.5 Å². The molecule has 0 spiro atoms. The number of carbonyl (C=O) groups excluding carboxylic acids is 3. The van der Waals surface area contributed by atoms with Gasteiger partial charge in [-0.1, -0.05) is 31.5 Å². The number of thioether (sulfide) groups is 1. The van der Waals surface area contributed by atoms with Crippen molar-refractivity contribution in [1.29, 1.82) is 0 Å². The van der Waals surface area contributed by atoms with Crippen molar-refractivity contribution in [3.63, 3.8) is 0 Å². The molecule has 2 aliphatic rings. The number of halogens is 4. The van der Waals surface area contributed by atoms with E-state index in [-0.39, 0.29) is 24.3 Å². The Labute approximate surface area is 287 Å². The lowest BCUT2D eigenvalue weighted by atomic mass is 10.0. The molecule has 3 aromatic rings. The molecule has 12 nitrogen and oxygen atoms in total. The minimum absolute atomic E-state index is 0.124. The number of pyridine rings is 1. The predicted octanol–water partition coefficient (Wildman–Crippen LogP) is 6.02. The van der Waals surface area contributed by atoms with Gasteiger partial charge in [0.1, 0.15) is 5.56 Å². The molecule has 0 atom stereocenters. The molecule has 0 radical (unpaired) electrons. The van der Waals surface area contributed by atoms with Crippen LogP contribution in [0.25, 0.3) is 17.0 Å². The van der Waals surface area contributed by atoms with Gasteiger partial charge in [0, 0.05) is 36.3 Å². The van der Waals surface area contributed by atoms with Crippen LogP contribution in [0.2, 0.25) is 5.02 Å². The second-order valence-corrected chi connectivity index (χ2v) is 12.1. The number of morpholine rings is 1. The molecule has 2 aliphatic heterocycles. The SMILES string of the molecule is CCOC(=O)c1cnc2ccc(C=C3SC(=Nc4cc(NC(=O)C(C)C)ccc4Cl)NC3=O)cc2c1N1CCOCC1.O=C(O)C(F)(F)F. The number of alkyl halides is 3. The number of anilines is 2. The molecule has 17 heteroatoms. The maximum Gasteiger partial charge on any atom is 0.490 e. The highest BCUT2D eigenvalue weighted by atomic mass is 35.5. The van der Waals surface area contributed by atoms with E-state index in [1.165, 1.54) is 11.8 Å². The number of hydrogen-bond donors (Lipinski definition) is 3. The predicted molar refractivity (Wildman–Crippen MR) is 180 cm³/mol. The molecule has 260 valence electrons. The highest BCUT2D eigenvalue weighted by molar-refractivity contribution is 8.18. The van der Waals surface area contributed by atoms with E-state index in [2.05, 4.69) is 25.5 Å². The van der Waals surface area contributed by atoms with Gasteiger partial charge in [0.05, 0.1) is 46.6 Å². The molecule has 0 unspecified atom stereocenters. The topological polar surface area (TPSA) is 160 Å². The molecule has 49 heavy (non-hydrogen) atoms. The lowest BCUT2D eigenvalue weighted by molar-refractivity contribution is -0.192. The first-order valence-corrected chi connectivity index (χ1v) is 16.0. The number of carboxylic acids is 1. The zero-order valence-corrected chi connectivity index (χ0v) is 28.0. The standard InChI is InChI=1S/C30H30ClN5O5S.C2HF3O2/c1-4-41-29(39)21-16-32-23-8-5-18(13-20(23)26(21)36-9-11-40-12-10-36)14-25-28(38)35-30(42-25)34-24-15-19(6-7-22(24)31)33-27(37)17(2)3;3-2(4,5)1(6)7/h5-8,13-17H,4,9-12H2,1-3H3,(H,33,37)(H,34,35,38);(H,6,7). The molecular weight excluding hydrogens is 691 g/mol. The Morgan fingerprint density at radius 3 is 2.53 bits per heavy atom. The molecule has 2 aromatic carbocycles. The van der Waals surface area contributed by atoms with Crippen LogP contribution in [0, 0.1) is 5.92 Å². The number of nitrogens with zero attached hydrogens (tertiary/aromatic N) is 3. The fourth-order valence-electron chi connectivity index (χ4n) is 4.48. The molecule has 3 heterocycles. The fourth-order valence-corrected chi connectivity index (χ4v) is 5.47. The third-order valence-corrected chi connectivity index (χ3v) is 8.07. The number of carboxylic acid groups (broad SMARTS) is 1. The van der Waals surface area contributed by atoms with Gasteiger partial charge in [0.15, 0.2) is 5.17 Å². The molecule has 0 bridgehead atoms. The first kappa shape index (κ1) is 37.2. The monoisotopic (exact) mass is 721 g/mol. The van der Waals surface area contributed by atoms with E-state index < -0.39 is 18.1 Å². The number of nitrogens with one attached hydrogen (secondary N) is 2. The Hall–Kier alpha value is -4.67. The molecule has 1 aromatic heterocycles. The summed E-state index contributed by atoms with van der Waals surface area (Å²) in [6.07, 6.45) is -1.76. The number of amidine groups is 1. The van der Waals surface area contributed by atoms with E-state index in [4.69, 9.17) is 31.0 Å². The molecule has 3 N–H and O–H groups in total. The van der Waals surface area contributed by atoms with Gasteiger partial charge in [0.25, 0.3) is 5.91 Å². The van der Waals surface area contributed by atoms with Gasteiger partial charge in [-0.25, -0.2) is 14.6 Å². The number of benzene rings is 2. The minimum Gasteiger partial charge on any atom is -0.475 e. The van der Waals surface area contributed by atoms with Crippen molar-refractivity contribution in [3.05, 3.63) is 63.6 Å². The van der Waals surface area contributed by atoms with Crippen molar-refractivity contribution < 1.29 is 46.9 Å². The van der Waals surface area contributed by atoms with Crippen LogP contribution in [-0.2, 0) is 23.9 Å². The molecular formula is C32H31ClF3N5O7S. The summed E-state index contributed by atoms with van der Waals surface area (Å²) in [5, 5.41) is 14.3. The lowest BCUT2D eigenvalue weighted by Crippen LogP contribution is -2.37. The van der Waals surface area contributed by atoms with Gasteiger partial charge >= 0.3 is 18.1 Å². The van der Waals surface area contributed by atoms with Crippen molar-refractivity contribution in [2.75, 3.05) is 43.1 Å². The van der Waals surface area contributed by atoms with Crippen LogP contribution in [0.15, 0.2) is 52.5 Å². The average Bonchev–Trinajstić information content (AvgIpc) is 3.39. The van der Waals surface area contributed by atoms with E-state index in [9.17, 15) is 27.6 Å². The van der Waals surface area contributed by atoms with Crippen LogP contribution in [0.1, 0.15) is 36.7 Å². The van der Waals surface area contributed by atoms with Crippen molar-refractivity contribution >= 4 is 86.3 Å². The number of aliphatic carboxylic acids is 1. The second-order valence-electron chi connectivity index (χ2n) is 10.7. The van der Waals surface area contributed by atoms with E-state index in [0.717, 1.165) is 22.2 Å². The number of aliphatic imine (C=N–C) groups is 1. The van der Waals surface area contributed by atoms with E-state index in [1.54, 1.807) is 51.2 Å². The molecule has 0 saturated carbocycles. The number of fused-ring (bicyclic) bond motifs is 1. The maximum absolute atomic E-state index is 12.9. The summed E-state index contributed by atoms with van der Waals surface area (Å²) < 4.78 is 42.6. The van der Waals surface area contributed by atoms with Gasteiger partial charge in [-0.2, -0.15) is 13.2 Å².